The Balaban J connectivity index is 1.52. The van der Waals surface area contributed by atoms with Crippen molar-refractivity contribution < 1.29 is 17.9 Å². The lowest BCUT2D eigenvalue weighted by Crippen LogP contribution is -2.45. The molecule has 0 aromatic carbocycles. The average molecular weight is 348 g/mol. The first kappa shape index (κ1) is 15.6. The zero-order valence-electron chi connectivity index (χ0n) is 13.3. The van der Waals surface area contributed by atoms with Crippen LogP contribution in [0.15, 0.2) is 23.7 Å². The maximum absolute atomic E-state index is 12.7. The first-order chi connectivity index (χ1) is 11.5. The summed E-state index contributed by atoms with van der Waals surface area (Å²) in [4.78, 5) is 18.6. The molecular formula is C17H20N2O4S. The molecule has 0 bridgehead atoms. The van der Waals surface area contributed by atoms with Gasteiger partial charge >= 0.3 is 0 Å². The van der Waals surface area contributed by atoms with Gasteiger partial charge in [0.25, 0.3) is 5.91 Å². The molecule has 7 heteroatoms. The van der Waals surface area contributed by atoms with Crippen molar-refractivity contribution in [2.45, 2.75) is 44.2 Å². The number of fused-ring (bicyclic) bond motifs is 1. The van der Waals surface area contributed by atoms with Crippen molar-refractivity contribution in [3.05, 3.63) is 34.9 Å². The normalized spacial score (nSPS) is 25.9. The van der Waals surface area contributed by atoms with Crippen LogP contribution in [-0.4, -0.2) is 48.7 Å². The second-order valence-electron chi connectivity index (χ2n) is 6.68. The van der Waals surface area contributed by atoms with Crippen LogP contribution in [0.4, 0.5) is 0 Å². The molecule has 1 saturated carbocycles. The first-order valence-electron chi connectivity index (χ1n) is 8.39. The summed E-state index contributed by atoms with van der Waals surface area (Å²) in [5.41, 5.74) is 1.49. The quantitative estimate of drug-likeness (QED) is 0.831. The van der Waals surface area contributed by atoms with E-state index in [0.717, 1.165) is 18.4 Å². The van der Waals surface area contributed by atoms with E-state index in [1.54, 1.807) is 17.2 Å². The van der Waals surface area contributed by atoms with Crippen LogP contribution in [0.1, 0.15) is 41.6 Å². The molecule has 1 unspecified atom stereocenters. The first-order valence-corrected chi connectivity index (χ1v) is 10.1. The number of ether oxygens (including phenoxy) is 1. The van der Waals surface area contributed by atoms with Crippen LogP contribution in [0.5, 0.6) is 5.88 Å². The van der Waals surface area contributed by atoms with E-state index in [-0.39, 0.29) is 23.8 Å². The molecule has 1 aromatic heterocycles. The van der Waals surface area contributed by atoms with Crippen molar-refractivity contribution in [2.24, 2.45) is 0 Å². The van der Waals surface area contributed by atoms with Gasteiger partial charge in [-0.1, -0.05) is 0 Å². The predicted molar refractivity (Wildman–Crippen MR) is 88.6 cm³/mol. The van der Waals surface area contributed by atoms with E-state index in [0.29, 0.717) is 24.4 Å². The standard InChI is InChI=1S/C17H20N2O4S/c20-17-15-10-18-16(23-14-3-1-2-4-14)9-12(15)5-7-19(17)13-6-8-24(21,22)11-13/h6,8-10,13-14H,1-5,7,11H2. The lowest BCUT2D eigenvalue weighted by Gasteiger charge is -2.32. The van der Waals surface area contributed by atoms with Crippen LogP contribution in [-0.2, 0) is 16.3 Å². The highest BCUT2D eigenvalue weighted by molar-refractivity contribution is 7.94. The van der Waals surface area contributed by atoms with Crippen LogP contribution < -0.4 is 4.74 Å². The predicted octanol–water partition coefficient (Wildman–Crippen LogP) is 1.71. The monoisotopic (exact) mass is 348 g/mol. The Morgan fingerprint density at radius 1 is 1.25 bits per heavy atom. The highest BCUT2D eigenvalue weighted by Crippen LogP contribution is 2.28. The zero-order valence-corrected chi connectivity index (χ0v) is 14.2. The van der Waals surface area contributed by atoms with Crippen molar-refractivity contribution in [3.63, 3.8) is 0 Å². The van der Waals surface area contributed by atoms with Gasteiger partial charge in [0.05, 0.1) is 17.4 Å². The molecule has 1 atom stereocenters. The fraction of sp³-hybridized carbons (Fsp3) is 0.529. The van der Waals surface area contributed by atoms with Gasteiger partial charge in [0.2, 0.25) is 5.88 Å². The van der Waals surface area contributed by atoms with Gasteiger partial charge in [-0.2, -0.15) is 0 Å². The van der Waals surface area contributed by atoms with Crippen molar-refractivity contribution in [1.29, 1.82) is 0 Å². The molecule has 4 rings (SSSR count). The van der Waals surface area contributed by atoms with Gasteiger partial charge in [0.1, 0.15) is 6.10 Å². The number of hydrogen-bond donors (Lipinski definition) is 0. The van der Waals surface area contributed by atoms with E-state index in [2.05, 4.69) is 4.98 Å². The van der Waals surface area contributed by atoms with Crippen LogP contribution in [0.2, 0.25) is 0 Å². The second kappa shape index (κ2) is 5.88. The van der Waals surface area contributed by atoms with Gasteiger partial charge in [0.15, 0.2) is 9.84 Å². The summed E-state index contributed by atoms with van der Waals surface area (Å²) >= 11 is 0. The number of rotatable bonds is 3. The van der Waals surface area contributed by atoms with Gasteiger partial charge in [-0.15, -0.1) is 0 Å². The smallest absolute Gasteiger partial charge is 0.256 e. The lowest BCUT2D eigenvalue weighted by molar-refractivity contribution is 0.0710. The summed E-state index contributed by atoms with van der Waals surface area (Å²) in [7, 11) is -3.18. The molecule has 6 nitrogen and oxygen atoms in total. The molecular weight excluding hydrogens is 328 g/mol. The summed E-state index contributed by atoms with van der Waals surface area (Å²) in [5.74, 6) is 0.415. The van der Waals surface area contributed by atoms with Crippen LogP contribution in [0, 0.1) is 0 Å². The number of carbonyl (C=O) groups excluding carboxylic acids is 1. The molecule has 128 valence electrons. The Morgan fingerprint density at radius 2 is 2.04 bits per heavy atom. The minimum absolute atomic E-state index is 0.0234. The van der Waals surface area contributed by atoms with Crippen molar-refractivity contribution in [2.75, 3.05) is 12.3 Å². The molecule has 1 aromatic rings. The number of pyridine rings is 1. The minimum Gasteiger partial charge on any atom is -0.474 e. The number of carbonyl (C=O) groups is 1. The maximum Gasteiger partial charge on any atom is 0.256 e. The molecule has 0 radical (unpaired) electrons. The fourth-order valence-corrected chi connectivity index (χ4v) is 4.98. The fourth-order valence-electron chi connectivity index (χ4n) is 3.68. The molecule has 1 fully saturated rings. The minimum atomic E-state index is -3.18. The van der Waals surface area contributed by atoms with Gasteiger partial charge < -0.3 is 9.64 Å². The third-order valence-corrected chi connectivity index (χ3v) is 6.36. The van der Waals surface area contributed by atoms with Gasteiger partial charge in [-0.05, 0) is 43.7 Å². The van der Waals surface area contributed by atoms with Crippen molar-refractivity contribution in [3.8, 4) is 5.88 Å². The largest absolute Gasteiger partial charge is 0.474 e. The van der Waals surface area contributed by atoms with E-state index in [1.165, 1.54) is 18.2 Å². The third-order valence-electron chi connectivity index (χ3n) is 4.98. The Bertz CT molecular complexity index is 797. The molecule has 3 aliphatic rings. The zero-order chi connectivity index (χ0) is 16.7. The summed E-state index contributed by atoms with van der Waals surface area (Å²) in [5, 5.41) is 1.21. The summed E-state index contributed by atoms with van der Waals surface area (Å²) < 4.78 is 29.1. The van der Waals surface area contributed by atoms with E-state index in [1.807, 2.05) is 6.07 Å². The van der Waals surface area contributed by atoms with Crippen molar-refractivity contribution >= 4 is 15.7 Å². The summed E-state index contributed by atoms with van der Waals surface area (Å²) in [6, 6.07) is 1.49. The molecule has 0 saturated heterocycles. The highest BCUT2D eigenvalue weighted by Gasteiger charge is 2.34. The average Bonchev–Trinajstić information content (AvgIpc) is 3.17. The number of hydrogen-bond acceptors (Lipinski definition) is 5. The maximum atomic E-state index is 12.7. The third kappa shape index (κ3) is 2.92. The molecule has 24 heavy (non-hydrogen) atoms. The second-order valence-corrected chi connectivity index (χ2v) is 8.61. The number of aromatic nitrogens is 1. The molecule has 0 spiro atoms. The van der Waals surface area contributed by atoms with Crippen LogP contribution in [0.3, 0.4) is 0 Å². The van der Waals surface area contributed by atoms with Crippen molar-refractivity contribution in [1.82, 2.24) is 9.88 Å². The van der Waals surface area contributed by atoms with E-state index < -0.39 is 9.84 Å². The van der Waals surface area contributed by atoms with Gasteiger partial charge in [-0.3, -0.25) is 4.79 Å². The summed E-state index contributed by atoms with van der Waals surface area (Å²) in [6.07, 6.45) is 8.61. The van der Waals surface area contributed by atoms with Crippen LogP contribution in [0.25, 0.3) is 0 Å². The molecule has 1 amide bonds. The molecule has 0 N–H and O–H groups in total. The van der Waals surface area contributed by atoms with Gasteiger partial charge in [0, 0.05) is 24.2 Å². The highest BCUT2D eigenvalue weighted by atomic mass is 32.2. The lowest BCUT2D eigenvalue weighted by atomic mass is 10.00. The SMILES string of the molecule is O=C1c2cnc(OC3CCCC3)cc2CCN1C1C=CS(=O)(=O)C1. The van der Waals surface area contributed by atoms with E-state index >= 15 is 0 Å². The Morgan fingerprint density at radius 3 is 2.75 bits per heavy atom. The topological polar surface area (TPSA) is 76.6 Å². The number of sulfone groups is 1. The Kier molecular flexibility index (Phi) is 3.83. The molecule has 2 aliphatic heterocycles. The molecule has 3 heterocycles. The number of nitrogens with zero attached hydrogens (tertiary/aromatic N) is 2. The van der Waals surface area contributed by atoms with Gasteiger partial charge in [-0.25, -0.2) is 13.4 Å². The van der Waals surface area contributed by atoms with E-state index in [9.17, 15) is 13.2 Å². The number of amides is 1. The Hall–Kier alpha value is -1.89. The summed E-state index contributed by atoms with van der Waals surface area (Å²) in [6.45, 7) is 0.517. The molecule has 1 aliphatic carbocycles. The van der Waals surface area contributed by atoms with Crippen LogP contribution >= 0.6 is 0 Å². The van der Waals surface area contributed by atoms with E-state index in [4.69, 9.17) is 4.74 Å². The Labute approximate surface area is 141 Å².